The molecule has 0 spiro atoms. The molecule has 0 aromatic carbocycles. The average Bonchev–Trinajstić information content (AvgIpc) is 2.51. The summed E-state index contributed by atoms with van der Waals surface area (Å²) in [6.45, 7) is 0.957. The molecule has 1 heterocycles. The van der Waals surface area contributed by atoms with Gasteiger partial charge in [0, 0.05) is 20.0 Å². The van der Waals surface area contributed by atoms with Crippen LogP contribution in [0.1, 0.15) is 12.8 Å². The molecule has 0 aromatic heterocycles. The topological polar surface area (TPSA) is 55.8 Å². The van der Waals surface area contributed by atoms with Crippen molar-refractivity contribution in [2.75, 3.05) is 27.8 Å². The van der Waals surface area contributed by atoms with E-state index in [-0.39, 0.29) is 0 Å². The predicted molar refractivity (Wildman–Crippen MR) is 46.3 cm³/mol. The van der Waals surface area contributed by atoms with Crippen LogP contribution >= 0.6 is 0 Å². The zero-order valence-electron chi connectivity index (χ0n) is 8.20. The Morgan fingerprint density at radius 1 is 1.38 bits per heavy atom. The fraction of sp³-hybridized carbons (Fsp3) is 0.750. The highest BCUT2D eigenvalue weighted by molar-refractivity contribution is 5.77. The molecule has 0 unspecified atom stereocenters. The molecule has 0 bridgehead atoms. The summed E-state index contributed by atoms with van der Waals surface area (Å²) in [5.41, 5.74) is 0. The van der Waals surface area contributed by atoms with E-state index in [1.807, 2.05) is 7.05 Å². The monoisotopic (exact) mass is 189 g/mol. The Hall–Kier alpha value is -1.26. The largest absolute Gasteiger partial charge is 0.507 e. The fourth-order valence-electron chi connectivity index (χ4n) is 0.866. The second-order valence-corrected chi connectivity index (χ2v) is 2.58. The molecule has 5 nitrogen and oxygen atoms in total. The summed E-state index contributed by atoms with van der Waals surface area (Å²) in [6.07, 6.45) is 1.15. The van der Waals surface area contributed by atoms with Gasteiger partial charge in [0.05, 0.1) is 14.2 Å². The molecule has 76 valence electrons. The molecule has 1 aliphatic heterocycles. The van der Waals surface area contributed by atoms with Crippen LogP contribution in [0.5, 0.6) is 0 Å². The number of hydrogen-bond acceptors (Lipinski definition) is 4. The van der Waals surface area contributed by atoms with Crippen molar-refractivity contribution in [3.63, 3.8) is 0 Å². The fourth-order valence-corrected chi connectivity index (χ4v) is 0.866. The maximum Gasteiger partial charge on any atom is 0.507 e. The Balaban J connectivity index is 0.000000226. The molecule has 5 heteroatoms. The van der Waals surface area contributed by atoms with Crippen molar-refractivity contribution in [2.45, 2.75) is 12.8 Å². The zero-order valence-corrected chi connectivity index (χ0v) is 8.20. The van der Waals surface area contributed by atoms with Gasteiger partial charge in [-0.05, 0) is 6.42 Å². The lowest BCUT2D eigenvalue weighted by molar-refractivity contribution is -0.126. The molecular formula is C8H15NO4. The minimum atomic E-state index is -0.657. The molecule has 1 aliphatic rings. The maximum atomic E-state index is 10.5. The van der Waals surface area contributed by atoms with Gasteiger partial charge in [0.15, 0.2) is 0 Å². The highest BCUT2D eigenvalue weighted by Gasteiger charge is 2.14. The molecule has 0 aliphatic carbocycles. The van der Waals surface area contributed by atoms with E-state index in [0.717, 1.165) is 19.4 Å². The van der Waals surface area contributed by atoms with Crippen molar-refractivity contribution < 1.29 is 19.1 Å². The van der Waals surface area contributed by atoms with Crippen molar-refractivity contribution in [1.29, 1.82) is 0 Å². The summed E-state index contributed by atoms with van der Waals surface area (Å²) in [5.74, 6) is 0.292. The number of hydrogen-bond donors (Lipinski definition) is 0. The van der Waals surface area contributed by atoms with E-state index in [2.05, 4.69) is 9.47 Å². The number of likely N-dealkylation sites (tertiary alicyclic amines) is 1. The first-order chi connectivity index (χ1) is 6.11. The van der Waals surface area contributed by atoms with Crippen LogP contribution in [0.4, 0.5) is 4.79 Å². The van der Waals surface area contributed by atoms with Gasteiger partial charge in [-0.25, -0.2) is 4.79 Å². The van der Waals surface area contributed by atoms with Crippen LogP contribution in [0.15, 0.2) is 0 Å². The van der Waals surface area contributed by atoms with Gasteiger partial charge in [-0.3, -0.25) is 4.79 Å². The smallest absolute Gasteiger partial charge is 0.438 e. The molecule has 0 radical (unpaired) electrons. The van der Waals surface area contributed by atoms with Gasteiger partial charge in [0.25, 0.3) is 0 Å². The molecule has 0 N–H and O–H groups in total. The van der Waals surface area contributed by atoms with Crippen LogP contribution in [0, 0.1) is 0 Å². The number of carbonyl (C=O) groups excluding carboxylic acids is 2. The standard InChI is InChI=1S/C5H9NO.C3H6O3/c1-6-4-2-3-5(6)7;1-5-3(4)6-2/h2-4H2,1H3;1-2H3. The van der Waals surface area contributed by atoms with Crippen molar-refractivity contribution in [3.8, 4) is 0 Å². The van der Waals surface area contributed by atoms with Gasteiger partial charge in [0.1, 0.15) is 0 Å². The molecule has 0 saturated carbocycles. The predicted octanol–water partition coefficient (Wildman–Crippen LogP) is 0.638. The Morgan fingerprint density at radius 2 is 1.92 bits per heavy atom. The highest BCUT2D eigenvalue weighted by atomic mass is 16.7. The number of methoxy groups -OCH3 is 2. The van der Waals surface area contributed by atoms with E-state index in [4.69, 9.17) is 0 Å². The Morgan fingerprint density at radius 3 is 2.00 bits per heavy atom. The second-order valence-electron chi connectivity index (χ2n) is 2.58. The van der Waals surface area contributed by atoms with E-state index in [1.165, 1.54) is 14.2 Å². The first-order valence-electron chi connectivity index (χ1n) is 3.97. The Bertz CT molecular complexity index is 175. The van der Waals surface area contributed by atoms with Gasteiger partial charge >= 0.3 is 6.16 Å². The van der Waals surface area contributed by atoms with Crippen molar-refractivity contribution in [2.24, 2.45) is 0 Å². The molecule has 1 amide bonds. The molecule has 1 fully saturated rings. The third-order valence-corrected chi connectivity index (χ3v) is 1.64. The molecule has 0 atom stereocenters. The zero-order chi connectivity index (χ0) is 10.3. The van der Waals surface area contributed by atoms with Crippen LogP contribution in [0.2, 0.25) is 0 Å². The number of ether oxygens (including phenoxy) is 2. The van der Waals surface area contributed by atoms with Gasteiger partial charge in [-0.1, -0.05) is 0 Å². The van der Waals surface area contributed by atoms with Crippen LogP contribution in [0.3, 0.4) is 0 Å². The summed E-state index contributed by atoms with van der Waals surface area (Å²) in [5, 5.41) is 0. The summed E-state index contributed by atoms with van der Waals surface area (Å²) in [4.78, 5) is 22.0. The minimum absolute atomic E-state index is 0.292. The normalized spacial score (nSPS) is 14.7. The molecular weight excluding hydrogens is 174 g/mol. The van der Waals surface area contributed by atoms with Crippen LogP contribution in [-0.2, 0) is 14.3 Å². The lowest BCUT2D eigenvalue weighted by atomic mass is 10.4. The number of rotatable bonds is 0. The van der Waals surface area contributed by atoms with E-state index >= 15 is 0 Å². The Labute approximate surface area is 77.6 Å². The SMILES string of the molecule is CN1CCCC1=O.COC(=O)OC. The van der Waals surface area contributed by atoms with Crippen LogP contribution < -0.4 is 0 Å². The van der Waals surface area contributed by atoms with Gasteiger partial charge in [-0.2, -0.15) is 0 Å². The number of amides is 1. The van der Waals surface area contributed by atoms with E-state index < -0.39 is 6.16 Å². The molecule has 1 rings (SSSR count). The minimum Gasteiger partial charge on any atom is -0.438 e. The van der Waals surface area contributed by atoms with Crippen molar-refractivity contribution in [3.05, 3.63) is 0 Å². The molecule has 1 saturated heterocycles. The molecule has 0 aromatic rings. The highest BCUT2D eigenvalue weighted by Crippen LogP contribution is 2.04. The first kappa shape index (κ1) is 11.7. The van der Waals surface area contributed by atoms with E-state index in [0.29, 0.717) is 5.91 Å². The number of carbonyl (C=O) groups is 2. The van der Waals surface area contributed by atoms with E-state index in [9.17, 15) is 9.59 Å². The lowest BCUT2D eigenvalue weighted by Gasteiger charge is -2.03. The molecule has 13 heavy (non-hydrogen) atoms. The first-order valence-corrected chi connectivity index (χ1v) is 3.97. The number of nitrogens with zero attached hydrogens (tertiary/aromatic N) is 1. The maximum absolute atomic E-state index is 10.5. The average molecular weight is 189 g/mol. The quantitative estimate of drug-likeness (QED) is 0.525. The lowest BCUT2D eigenvalue weighted by Crippen LogP contribution is -2.17. The van der Waals surface area contributed by atoms with Crippen molar-refractivity contribution in [1.82, 2.24) is 4.90 Å². The second kappa shape index (κ2) is 6.28. The summed E-state index contributed by atoms with van der Waals surface area (Å²) < 4.78 is 8.08. The summed E-state index contributed by atoms with van der Waals surface area (Å²) >= 11 is 0. The van der Waals surface area contributed by atoms with Crippen molar-refractivity contribution >= 4 is 12.1 Å². The van der Waals surface area contributed by atoms with Crippen LogP contribution in [0.25, 0.3) is 0 Å². The summed E-state index contributed by atoms with van der Waals surface area (Å²) in [6, 6.07) is 0. The van der Waals surface area contributed by atoms with E-state index in [1.54, 1.807) is 4.90 Å². The van der Waals surface area contributed by atoms with Gasteiger partial charge < -0.3 is 14.4 Å². The summed E-state index contributed by atoms with van der Waals surface area (Å²) in [7, 11) is 4.35. The van der Waals surface area contributed by atoms with Gasteiger partial charge in [-0.15, -0.1) is 0 Å². The Kier molecular flexibility index (Phi) is 5.67. The third-order valence-electron chi connectivity index (χ3n) is 1.64. The third kappa shape index (κ3) is 5.05. The van der Waals surface area contributed by atoms with Gasteiger partial charge in [0.2, 0.25) is 5.91 Å². The van der Waals surface area contributed by atoms with Crippen LogP contribution in [-0.4, -0.2) is 44.8 Å².